The average molecular weight is 431 g/mol. The molecular formula is C22H27ClN4OS. The van der Waals surface area contributed by atoms with E-state index in [1.165, 1.54) is 50.3 Å². The number of hydrogen-bond donors (Lipinski definition) is 1. The molecule has 4 bridgehead atoms. The second kappa shape index (κ2) is 7.62. The van der Waals surface area contributed by atoms with E-state index in [1.54, 1.807) is 12.1 Å². The maximum absolute atomic E-state index is 12.3. The van der Waals surface area contributed by atoms with Crippen LogP contribution in [0.15, 0.2) is 29.4 Å². The topological polar surface area (TPSA) is 59.8 Å². The maximum Gasteiger partial charge on any atom is 0.234 e. The van der Waals surface area contributed by atoms with Crippen LogP contribution in [0.2, 0.25) is 5.02 Å². The summed E-state index contributed by atoms with van der Waals surface area (Å²) in [5, 5.41) is 13.1. The quantitative estimate of drug-likeness (QED) is 0.658. The van der Waals surface area contributed by atoms with E-state index in [-0.39, 0.29) is 11.7 Å². The van der Waals surface area contributed by atoms with Crippen LogP contribution in [-0.4, -0.2) is 26.4 Å². The largest absolute Gasteiger partial charge is 0.324 e. The van der Waals surface area contributed by atoms with Crippen molar-refractivity contribution in [3.05, 3.63) is 35.1 Å². The number of para-hydroxylation sites is 1. The van der Waals surface area contributed by atoms with Crippen molar-refractivity contribution in [2.45, 2.75) is 50.1 Å². The molecule has 154 valence electrons. The molecule has 0 unspecified atom stereocenters. The van der Waals surface area contributed by atoms with Crippen molar-refractivity contribution in [3.8, 4) is 0 Å². The van der Waals surface area contributed by atoms with E-state index in [9.17, 15) is 4.79 Å². The van der Waals surface area contributed by atoms with Gasteiger partial charge in [-0.05, 0) is 73.8 Å². The van der Waals surface area contributed by atoms with E-state index in [2.05, 4.69) is 20.1 Å². The summed E-state index contributed by atoms with van der Waals surface area (Å²) in [7, 11) is 2.03. The van der Waals surface area contributed by atoms with E-state index in [1.807, 2.05) is 19.2 Å². The number of carbonyl (C=O) groups excluding carboxylic acids is 1. The molecule has 0 atom stereocenters. The summed E-state index contributed by atoms with van der Waals surface area (Å²) in [6.45, 7) is 0. The number of carbonyl (C=O) groups is 1. The fourth-order valence-electron chi connectivity index (χ4n) is 6.35. The lowest BCUT2D eigenvalue weighted by Crippen LogP contribution is -2.47. The number of benzene rings is 1. The van der Waals surface area contributed by atoms with Gasteiger partial charge in [-0.15, -0.1) is 10.2 Å². The van der Waals surface area contributed by atoms with Gasteiger partial charge >= 0.3 is 0 Å². The Balaban J connectivity index is 1.21. The molecule has 4 aliphatic carbocycles. The first kappa shape index (κ1) is 19.4. The van der Waals surface area contributed by atoms with Crippen LogP contribution in [-0.2, 0) is 18.3 Å². The molecule has 7 heteroatoms. The molecule has 4 fully saturated rings. The van der Waals surface area contributed by atoms with Crippen molar-refractivity contribution >= 4 is 35.0 Å². The summed E-state index contributed by atoms with van der Waals surface area (Å²) < 4.78 is 2.09. The molecule has 1 aromatic carbocycles. The van der Waals surface area contributed by atoms with Gasteiger partial charge in [0.05, 0.1) is 16.5 Å². The SMILES string of the molecule is Cn1c(CC23CC4CC(CC(C4)C2)C3)nnc1SCC(=O)Nc1ccccc1Cl. The highest BCUT2D eigenvalue weighted by Crippen LogP contribution is 2.60. The second-order valence-electron chi connectivity index (χ2n) is 9.37. The number of nitrogens with one attached hydrogen (secondary N) is 1. The molecule has 6 rings (SSSR count). The number of aromatic nitrogens is 3. The molecule has 29 heavy (non-hydrogen) atoms. The highest BCUT2D eigenvalue weighted by atomic mass is 35.5. The molecule has 0 spiro atoms. The van der Waals surface area contributed by atoms with Crippen molar-refractivity contribution in [1.29, 1.82) is 0 Å². The molecule has 1 amide bonds. The highest BCUT2D eigenvalue weighted by Gasteiger charge is 2.51. The van der Waals surface area contributed by atoms with E-state index in [0.29, 0.717) is 16.1 Å². The van der Waals surface area contributed by atoms with Crippen LogP contribution in [0.4, 0.5) is 5.69 Å². The first-order valence-corrected chi connectivity index (χ1v) is 11.9. The Kier molecular flexibility index (Phi) is 5.11. The van der Waals surface area contributed by atoms with Gasteiger partial charge in [-0.25, -0.2) is 0 Å². The number of halogens is 1. The van der Waals surface area contributed by atoms with Gasteiger partial charge in [-0.2, -0.15) is 0 Å². The minimum atomic E-state index is -0.0891. The molecule has 1 heterocycles. The summed E-state index contributed by atoms with van der Waals surface area (Å²) in [5.74, 6) is 4.09. The Hall–Kier alpha value is -1.53. The van der Waals surface area contributed by atoms with Crippen molar-refractivity contribution in [1.82, 2.24) is 14.8 Å². The van der Waals surface area contributed by atoms with Crippen molar-refractivity contribution in [2.24, 2.45) is 30.2 Å². The molecule has 1 N–H and O–H groups in total. The predicted octanol–water partition coefficient (Wildman–Crippen LogP) is 4.96. The van der Waals surface area contributed by atoms with E-state index in [4.69, 9.17) is 11.6 Å². The molecule has 0 radical (unpaired) electrons. The van der Waals surface area contributed by atoms with Gasteiger partial charge in [0.15, 0.2) is 5.16 Å². The molecule has 0 saturated heterocycles. The van der Waals surface area contributed by atoms with Gasteiger partial charge in [0.2, 0.25) is 5.91 Å². The van der Waals surface area contributed by atoms with Gasteiger partial charge in [-0.1, -0.05) is 35.5 Å². The van der Waals surface area contributed by atoms with Crippen LogP contribution >= 0.6 is 23.4 Å². The zero-order valence-corrected chi connectivity index (χ0v) is 18.3. The third kappa shape index (κ3) is 3.93. The first-order valence-electron chi connectivity index (χ1n) is 10.6. The van der Waals surface area contributed by atoms with Crippen molar-refractivity contribution in [2.75, 3.05) is 11.1 Å². The molecule has 4 saturated carbocycles. The first-order chi connectivity index (χ1) is 14.0. The molecule has 4 aliphatic rings. The van der Waals surface area contributed by atoms with Crippen molar-refractivity contribution < 1.29 is 4.79 Å². The highest BCUT2D eigenvalue weighted by molar-refractivity contribution is 7.99. The number of nitrogens with zero attached hydrogens (tertiary/aromatic N) is 3. The van der Waals surface area contributed by atoms with Crippen LogP contribution in [0.3, 0.4) is 0 Å². The summed E-state index contributed by atoms with van der Waals surface area (Å²) >= 11 is 7.54. The number of hydrogen-bond acceptors (Lipinski definition) is 4. The Morgan fingerprint density at radius 2 is 1.83 bits per heavy atom. The van der Waals surface area contributed by atoms with E-state index in [0.717, 1.165) is 35.2 Å². The Bertz CT molecular complexity index is 892. The fraction of sp³-hybridized carbons (Fsp3) is 0.591. The molecule has 2 aromatic rings. The van der Waals surface area contributed by atoms with Gasteiger partial charge in [0, 0.05) is 13.5 Å². The third-order valence-corrected chi connectivity index (χ3v) is 8.45. The maximum atomic E-state index is 12.3. The molecule has 1 aromatic heterocycles. The van der Waals surface area contributed by atoms with E-state index < -0.39 is 0 Å². The molecule has 5 nitrogen and oxygen atoms in total. The number of anilines is 1. The number of amides is 1. The summed E-state index contributed by atoms with van der Waals surface area (Å²) in [6, 6.07) is 7.27. The lowest BCUT2D eigenvalue weighted by Gasteiger charge is -2.56. The Morgan fingerprint density at radius 1 is 1.17 bits per heavy atom. The van der Waals surface area contributed by atoms with Crippen molar-refractivity contribution in [3.63, 3.8) is 0 Å². The smallest absolute Gasteiger partial charge is 0.234 e. The second-order valence-corrected chi connectivity index (χ2v) is 10.7. The summed E-state index contributed by atoms with van der Waals surface area (Å²) in [4.78, 5) is 12.3. The lowest BCUT2D eigenvalue weighted by atomic mass is 9.49. The van der Waals surface area contributed by atoms with Crippen LogP contribution in [0, 0.1) is 23.2 Å². The van der Waals surface area contributed by atoms with Gasteiger partial charge in [0.25, 0.3) is 0 Å². The van der Waals surface area contributed by atoms with Gasteiger partial charge in [0.1, 0.15) is 5.82 Å². The molecule has 0 aliphatic heterocycles. The van der Waals surface area contributed by atoms with Crippen LogP contribution in [0.25, 0.3) is 0 Å². The zero-order valence-electron chi connectivity index (χ0n) is 16.7. The average Bonchev–Trinajstić information content (AvgIpc) is 3.00. The number of thioether (sulfide) groups is 1. The minimum absolute atomic E-state index is 0.0891. The van der Waals surface area contributed by atoms with Crippen LogP contribution in [0.5, 0.6) is 0 Å². The van der Waals surface area contributed by atoms with Gasteiger partial charge < -0.3 is 9.88 Å². The Labute approximate surface area is 181 Å². The monoisotopic (exact) mass is 430 g/mol. The summed E-state index contributed by atoms with van der Waals surface area (Å²) in [6.07, 6.45) is 9.52. The summed E-state index contributed by atoms with van der Waals surface area (Å²) in [5.41, 5.74) is 1.08. The third-order valence-electron chi connectivity index (χ3n) is 7.10. The fourth-order valence-corrected chi connectivity index (χ4v) is 7.26. The predicted molar refractivity (Wildman–Crippen MR) is 116 cm³/mol. The van der Waals surface area contributed by atoms with Gasteiger partial charge in [-0.3, -0.25) is 4.79 Å². The normalized spacial score (nSPS) is 29.9. The minimum Gasteiger partial charge on any atom is -0.324 e. The number of rotatable bonds is 6. The zero-order chi connectivity index (χ0) is 20.0. The van der Waals surface area contributed by atoms with Crippen LogP contribution in [0.1, 0.15) is 44.3 Å². The standard InChI is InChI=1S/C22H27ClN4OS/c1-27-19(12-22-9-14-6-15(10-22)8-16(7-14)11-22)25-26-21(27)29-13-20(28)24-18-5-3-2-4-17(18)23/h2-5,14-16H,6-13H2,1H3,(H,24,28). The van der Waals surface area contributed by atoms with E-state index >= 15 is 0 Å². The molecular weight excluding hydrogens is 404 g/mol. The van der Waals surface area contributed by atoms with Crippen LogP contribution < -0.4 is 5.32 Å². The lowest BCUT2D eigenvalue weighted by molar-refractivity contribution is -0.113. The Morgan fingerprint density at radius 3 is 2.48 bits per heavy atom.